The van der Waals surface area contributed by atoms with Gasteiger partial charge >= 0.3 is 0 Å². The maximum atomic E-state index is 13.4. The van der Waals surface area contributed by atoms with E-state index in [1.807, 2.05) is 88.6 Å². The Balaban J connectivity index is 1.36. The summed E-state index contributed by atoms with van der Waals surface area (Å²) in [5.41, 5.74) is 3.98. The van der Waals surface area contributed by atoms with Crippen LogP contribution in [0, 0.1) is 0 Å². The molecule has 6 heteroatoms. The van der Waals surface area contributed by atoms with Crippen LogP contribution < -0.4 is 0 Å². The molecule has 1 aliphatic heterocycles. The smallest absolute Gasteiger partial charge is 0.227 e. The van der Waals surface area contributed by atoms with Gasteiger partial charge in [-0.05, 0) is 53.6 Å². The fraction of sp³-hybridized carbons (Fsp3) is 0.154. The molecule has 1 aliphatic rings. The van der Waals surface area contributed by atoms with Crippen LogP contribution in [0.1, 0.15) is 11.1 Å². The van der Waals surface area contributed by atoms with Crippen LogP contribution in [0.4, 0.5) is 0 Å². The number of rotatable bonds is 6. The highest BCUT2D eigenvalue weighted by molar-refractivity contribution is 7.88. The van der Waals surface area contributed by atoms with Gasteiger partial charge in [0.1, 0.15) is 0 Å². The van der Waals surface area contributed by atoms with Crippen molar-refractivity contribution in [3.05, 3.63) is 108 Å². The van der Waals surface area contributed by atoms with Gasteiger partial charge in [-0.15, -0.1) is 0 Å². The molecule has 0 aliphatic carbocycles. The molecule has 2 aromatic carbocycles. The molecule has 32 heavy (non-hydrogen) atoms. The van der Waals surface area contributed by atoms with Gasteiger partial charge in [0, 0.05) is 52.4 Å². The molecule has 0 fully saturated rings. The molecule has 5 nitrogen and oxygen atoms in total. The minimum absolute atomic E-state index is 0.0264. The van der Waals surface area contributed by atoms with E-state index >= 15 is 0 Å². The Morgan fingerprint density at radius 2 is 1.81 bits per heavy atom. The van der Waals surface area contributed by atoms with Crippen LogP contribution in [-0.2, 0) is 28.6 Å². The number of nitrogens with zero attached hydrogens (tertiary/aromatic N) is 3. The van der Waals surface area contributed by atoms with Crippen molar-refractivity contribution in [1.29, 1.82) is 0 Å². The number of hydrogen-bond acceptors (Lipinski definition) is 3. The Kier molecular flexibility index (Phi) is 5.69. The number of pyridine rings is 1. The summed E-state index contributed by atoms with van der Waals surface area (Å²) < 4.78 is 14.0. The number of fused-ring (bicyclic) bond motifs is 1. The summed E-state index contributed by atoms with van der Waals surface area (Å²) in [6, 6.07) is 21.8. The maximum Gasteiger partial charge on any atom is 0.227 e. The highest BCUT2D eigenvalue weighted by Gasteiger charge is 2.26. The molecule has 2 atom stereocenters. The second kappa shape index (κ2) is 8.93. The Morgan fingerprint density at radius 3 is 2.56 bits per heavy atom. The molecule has 0 N–H and O–H groups in total. The molecule has 2 aromatic heterocycles. The van der Waals surface area contributed by atoms with Crippen molar-refractivity contribution in [2.45, 2.75) is 19.0 Å². The van der Waals surface area contributed by atoms with Gasteiger partial charge in [-0.2, -0.15) is 0 Å². The van der Waals surface area contributed by atoms with Gasteiger partial charge in [-0.25, -0.2) is 0 Å². The monoisotopic (exact) mass is 441 g/mol. The molecule has 4 aromatic rings. The van der Waals surface area contributed by atoms with Gasteiger partial charge in [0.2, 0.25) is 5.91 Å². The number of carbonyl (C=O) groups excluding carboxylic acids is 1. The Bertz CT molecular complexity index is 1300. The predicted molar refractivity (Wildman–Crippen MR) is 128 cm³/mol. The van der Waals surface area contributed by atoms with Crippen LogP contribution in [0.5, 0.6) is 0 Å². The van der Waals surface area contributed by atoms with Crippen LogP contribution in [0.2, 0.25) is 0 Å². The number of aromatic nitrogens is 2. The van der Waals surface area contributed by atoms with E-state index in [1.54, 1.807) is 11.6 Å². The topological polar surface area (TPSA) is 55.2 Å². The van der Waals surface area contributed by atoms with Crippen molar-refractivity contribution in [2.75, 3.05) is 5.75 Å². The second-order valence-corrected chi connectivity index (χ2v) is 9.30. The molecule has 3 heterocycles. The lowest BCUT2D eigenvalue weighted by Crippen LogP contribution is -2.40. The number of carbonyl (C=O) groups is 1. The van der Waals surface area contributed by atoms with Crippen LogP contribution in [0.3, 0.4) is 0 Å². The lowest BCUT2D eigenvalue weighted by molar-refractivity contribution is -0.132. The summed E-state index contributed by atoms with van der Waals surface area (Å²) in [5, 5.41) is 2.74. The molecule has 1 amide bonds. The van der Waals surface area contributed by atoms with E-state index in [2.05, 4.69) is 11.1 Å². The minimum Gasteiger partial charge on any atom is -0.331 e. The Labute approximate surface area is 189 Å². The van der Waals surface area contributed by atoms with Gasteiger partial charge in [-0.1, -0.05) is 30.3 Å². The summed E-state index contributed by atoms with van der Waals surface area (Å²) in [6.07, 6.45) is 7.96. The SMILES string of the molecule is O=C(Cc1ccc(-n2cccc2)cc1)N(Cc1ccc2ncccc2c1)C1C=CS(=O)C1. The quantitative estimate of drug-likeness (QED) is 0.450. The molecule has 0 spiro atoms. The van der Waals surface area contributed by atoms with Gasteiger partial charge in [0.15, 0.2) is 0 Å². The van der Waals surface area contributed by atoms with E-state index in [0.717, 1.165) is 27.7 Å². The van der Waals surface area contributed by atoms with E-state index in [-0.39, 0.29) is 11.9 Å². The summed E-state index contributed by atoms with van der Waals surface area (Å²) in [5.74, 6) is 0.478. The number of amides is 1. The molecule has 2 unspecified atom stereocenters. The largest absolute Gasteiger partial charge is 0.331 e. The molecule has 0 bridgehead atoms. The van der Waals surface area contributed by atoms with Crippen LogP contribution in [0.15, 0.2) is 96.8 Å². The maximum absolute atomic E-state index is 13.4. The first kappa shape index (κ1) is 20.4. The Hall–Kier alpha value is -3.51. The van der Waals surface area contributed by atoms with E-state index in [9.17, 15) is 9.00 Å². The predicted octanol–water partition coefficient (Wildman–Crippen LogP) is 4.24. The fourth-order valence-electron chi connectivity index (χ4n) is 4.03. The zero-order valence-electron chi connectivity index (χ0n) is 17.5. The van der Waals surface area contributed by atoms with Crippen molar-refractivity contribution in [3.8, 4) is 5.69 Å². The highest BCUT2D eigenvalue weighted by atomic mass is 32.2. The number of hydrogen-bond donors (Lipinski definition) is 0. The standard InChI is InChI=1S/C26H23N3O2S/c30-26(17-20-5-8-23(9-6-20)28-13-1-2-14-28)29(24-11-15-32(31)19-24)18-21-7-10-25-22(16-21)4-3-12-27-25/h1-16,24H,17-19H2. The third kappa shape index (κ3) is 4.41. The highest BCUT2D eigenvalue weighted by Crippen LogP contribution is 2.20. The van der Waals surface area contributed by atoms with Crippen molar-refractivity contribution in [3.63, 3.8) is 0 Å². The first-order chi connectivity index (χ1) is 15.7. The third-order valence-electron chi connectivity index (χ3n) is 5.72. The van der Waals surface area contributed by atoms with Crippen molar-refractivity contribution >= 4 is 27.6 Å². The first-order valence-corrected chi connectivity index (χ1v) is 11.9. The lowest BCUT2D eigenvalue weighted by Gasteiger charge is -2.28. The van der Waals surface area contributed by atoms with Gasteiger partial charge in [0.05, 0.1) is 23.7 Å². The van der Waals surface area contributed by atoms with Crippen LogP contribution >= 0.6 is 0 Å². The summed E-state index contributed by atoms with van der Waals surface area (Å²) in [4.78, 5) is 19.6. The molecule has 0 saturated heterocycles. The fourth-order valence-corrected chi connectivity index (χ4v) is 5.13. The first-order valence-electron chi connectivity index (χ1n) is 10.6. The molecule has 0 saturated carbocycles. The van der Waals surface area contributed by atoms with E-state index < -0.39 is 10.8 Å². The zero-order valence-corrected chi connectivity index (χ0v) is 18.3. The summed E-state index contributed by atoms with van der Waals surface area (Å²) in [7, 11) is -1.02. The lowest BCUT2D eigenvalue weighted by atomic mass is 10.1. The summed E-state index contributed by atoms with van der Waals surface area (Å²) in [6.45, 7) is 0.470. The zero-order chi connectivity index (χ0) is 21.9. The second-order valence-electron chi connectivity index (χ2n) is 7.93. The average molecular weight is 442 g/mol. The van der Waals surface area contributed by atoms with E-state index in [4.69, 9.17) is 0 Å². The molecular formula is C26H23N3O2S. The molecule has 160 valence electrons. The molecule has 0 radical (unpaired) electrons. The average Bonchev–Trinajstić information content (AvgIpc) is 3.50. The molecule has 5 rings (SSSR count). The van der Waals surface area contributed by atoms with Crippen molar-refractivity contribution in [1.82, 2.24) is 14.5 Å². The van der Waals surface area contributed by atoms with Gasteiger partial charge in [-0.3, -0.25) is 14.0 Å². The third-order valence-corrected chi connectivity index (χ3v) is 6.85. The van der Waals surface area contributed by atoms with Crippen molar-refractivity contribution in [2.24, 2.45) is 0 Å². The van der Waals surface area contributed by atoms with Gasteiger partial charge in [0.25, 0.3) is 0 Å². The Morgan fingerprint density at radius 1 is 1.03 bits per heavy atom. The van der Waals surface area contributed by atoms with E-state index in [1.165, 1.54) is 0 Å². The number of benzene rings is 2. The van der Waals surface area contributed by atoms with Gasteiger partial charge < -0.3 is 9.47 Å². The summed E-state index contributed by atoms with van der Waals surface area (Å²) >= 11 is 0. The van der Waals surface area contributed by atoms with E-state index in [0.29, 0.717) is 18.7 Å². The molecular weight excluding hydrogens is 418 g/mol. The minimum atomic E-state index is -1.02. The van der Waals surface area contributed by atoms with Crippen LogP contribution in [-0.4, -0.2) is 36.4 Å². The normalized spacial score (nSPS) is 17.6. The van der Waals surface area contributed by atoms with Crippen LogP contribution in [0.25, 0.3) is 16.6 Å². The van der Waals surface area contributed by atoms with Crippen molar-refractivity contribution < 1.29 is 9.00 Å².